The summed E-state index contributed by atoms with van der Waals surface area (Å²) in [5.74, 6) is -1.51. The van der Waals surface area contributed by atoms with Crippen LogP contribution < -0.4 is 4.74 Å². The summed E-state index contributed by atoms with van der Waals surface area (Å²) in [7, 11) is 3.86. The van der Waals surface area contributed by atoms with Crippen LogP contribution in [0.2, 0.25) is 0 Å². The maximum Gasteiger partial charge on any atom is 0.295 e. The van der Waals surface area contributed by atoms with Gasteiger partial charge in [-0.15, -0.1) is 0 Å². The topological polar surface area (TPSA) is 70.1 Å². The van der Waals surface area contributed by atoms with Crippen molar-refractivity contribution in [1.82, 2.24) is 9.80 Å². The zero-order valence-corrected chi connectivity index (χ0v) is 21.3. The van der Waals surface area contributed by atoms with E-state index in [0.717, 1.165) is 17.7 Å². The minimum absolute atomic E-state index is 0.00473. The largest absolute Gasteiger partial charge is 0.507 e. The third-order valence-electron chi connectivity index (χ3n) is 6.35. The third-order valence-corrected chi connectivity index (χ3v) is 6.35. The standard InChI is InChI=1S/C30H31FN2O4/c1-20-6-4-7-21(18-20)19-37-25-14-10-23(11-15-25)28(34)26-27(22-8-12-24(31)13-9-22)33(30(36)29(26)35)17-5-16-32(2)3/h4,6-15,18,27,34H,5,16-17,19H2,1-3H3/b28-26+. The zero-order chi connectivity index (χ0) is 26.5. The summed E-state index contributed by atoms with van der Waals surface area (Å²) in [5.41, 5.74) is 3.14. The predicted octanol–water partition coefficient (Wildman–Crippen LogP) is 5.09. The van der Waals surface area contributed by atoms with E-state index in [2.05, 4.69) is 0 Å². The highest BCUT2D eigenvalue weighted by Gasteiger charge is 2.45. The summed E-state index contributed by atoms with van der Waals surface area (Å²) in [6, 6.07) is 19.6. The van der Waals surface area contributed by atoms with Crippen LogP contribution >= 0.6 is 0 Å². The number of aliphatic hydroxyl groups is 1. The Balaban J connectivity index is 1.62. The molecule has 192 valence electrons. The summed E-state index contributed by atoms with van der Waals surface area (Å²) < 4.78 is 19.5. The summed E-state index contributed by atoms with van der Waals surface area (Å²) in [4.78, 5) is 29.6. The minimum Gasteiger partial charge on any atom is -0.507 e. The zero-order valence-electron chi connectivity index (χ0n) is 21.3. The summed E-state index contributed by atoms with van der Waals surface area (Å²) in [6.07, 6.45) is 0.644. The van der Waals surface area contributed by atoms with Gasteiger partial charge in [0.1, 0.15) is 23.9 Å². The molecular weight excluding hydrogens is 471 g/mol. The average molecular weight is 503 g/mol. The van der Waals surface area contributed by atoms with E-state index in [4.69, 9.17) is 4.74 Å². The molecule has 4 rings (SSSR count). The molecule has 1 fully saturated rings. The molecule has 1 atom stereocenters. The Bertz CT molecular complexity index is 1300. The number of ether oxygens (including phenoxy) is 1. The van der Waals surface area contributed by atoms with Crippen LogP contribution in [0.4, 0.5) is 4.39 Å². The van der Waals surface area contributed by atoms with E-state index >= 15 is 0 Å². The Morgan fingerprint density at radius 3 is 2.38 bits per heavy atom. The molecule has 1 amide bonds. The molecule has 37 heavy (non-hydrogen) atoms. The second-order valence-corrected chi connectivity index (χ2v) is 9.50. The van der Waals surface area contributed by atoms with Gasteiger partial charge in [-0.1, -0.05) is 42.0 Å². The number of aryl methyl sites for hydroxylation is 1. The number of carbonyl (C=O) groups excluding carboxylic acids is 2. The first-order valence-corrected chi connectivity index (χ1v) is 12.2. The molecule has 1 heterocycles. The molecule has 1 aliphatic heterocycles. The number of likely N-dealkylation sites (tertiary alicyclic amines) is 1. The van der Waals surface area contributed by atoms with Crippen molar-refractivity contribution < 1.29 is 23.8 Å². The Hall–Kier alpha value is -3.97. The number of nitrogens with zero attached hydrogens (tertiary/aromatic N) is 2. The maximum atomic E-state index is 13.6. The van der Waals surface area contributed by atoms with Gasteiger partial charge < -0.3 is 19.6 Å². The van der Waals surface area contributed by atoms with Gasteiger partial charge in [0.25, 0.3) is 11.7 Å². The van der Waals surface area contributed by atoms with E-state index in [1.807, 2.05) is 50.2 Å². The molecule has 1 N–H and O–H groups in total. The number of aliphatic hydroxyl groups excluding tert-OH is 1. The van der Waals surface area contributed by atoms with Crippen LogP contribution in [0.5, 0.6) is 5.75 Å². The number of rotatable bonds is 9. The summed E-state index contributed by atoms with van der Waals surface area (Å²) >= 11 is 0. The number of hydrogen-bond donors (Lipinski definition) is 1. The monoisotopic (exact) mass is 502 g/mol. The highest BCUT2D eigenvalue weighted by molar-refractivity contribution is 6.46. The predicted molar refractivity (Wildman–Crippen MR) is 141 cm³/mol. The van der Waals surface area contributed by atoms with Crippen molar-refractivity contribution >= 4 is 17.4 Å². The van der Waals surface area contributed by atoms with Crippen molar-refractivity contribution in [1.29, 1.82) is 0 Å². The van der Waals surface area contributed by atoms with Crippen LogP contribution in [0.1, 0.15) is 34.7 Å². The quantitative estimate of drug-likeness (QED) is 0.251. The first-order valence-electron chi connectivity index (χ1n) is 12.2. The van der Waals surface area contributed by atoms with Gasteiger partial charge in [-0.25, -0.2) is 4.39 Å². The molecule has 0 radical (unpaired) electrons. The van der Waals surface area contributed by atoms with Gasteiger partial charge in [0.2, 0.25) is 0 Å². The van der Waals surface area contributed by atoms with Crippen LogP contribution in [-0.4, -0.2) is 53.8 Å². The lowest BCUT2D eigenvalue weighted by Crippen LogP contribution is -2.32. The average Bonchev–Trinajstić information content (AvgIpc) is 3.13. The molecule has 3 aromatic carbocycles. The van der Waals surface area contributed by atoms with Crippen molar-refractivity contribution in [3.8, 4) is 5.75 Å². The highest BCUT2D eigenvalue weighted by atomic mass is 19.1. The number of Topliss-reactive ketones (excluding diaryl/α,β-unsaturated/α-hetero) is 1. The SMILES string of the molecule is Cc1cccc(COc2ccc(/C(O)=C3\C(=O)C(=O)N(CCCN(C)C)C3c3ccc(F)cc3)cc2)c1. The Morgan fingerprint density at radius 1 is 1.03 bits per heavy atom. The van der Waals surface area contributed by atoms with Gasteiger partial charge in [-0.3, -0.25) is 9.59 Å². The van der Waals surface area contributed by atoms with Crippen molar-refractivity contribution in [3.05, 3.63) is 106 Å². The molecule has 0 aliphatic carbocycles. The number of benzene rings is 3. The lowest BCUT2D eigenvalue weighted by atomic mass is 9.95. The van der Waals surface area contributed by atoms with E-state index in [1.54, 1.807) is 36.4 Å². The second kappa shape index (κ2) is 11.4. The molecule has 0 spiro atoms. The van der Waals surface area contributed by atoms with E-state index in [0.29, 0.717) is 36.4 Å². The van der Waals surface area contributed by atoms with Crippen LogP contribution in [0, 0.1) is 12.7 Å². The molecule has 7 heteroatoms. The smallest absolute Gasteiger partial charge is 0.295 e. The van der Waals surface area contributed by atoms with E-state index in [1.165, 1.54) is 17.0 Å². The summed E-state index contributed by atoms with van der Waals surface area (Å²) in [6.45, 7) is 3.47. The van der Waals surface area contributed by atoms with Crippen molar-refractivity contribution in [2.45, 2.75) is 26.0 Å². The second-order valence-electron chi connectivity index (χ2n) is 9.50. The van der Waals surface area contributed by atoms with Gasteiger partial charge in [0, 0.05) is 12.1 Å². The van der Waals surface area contributed by atoms with Gasteiger partial charge in [0.05, 0.1) is 11.6 Å². The van der Waals surface area contributed by atoms with Gasteiger partial charge >= 0.3 is 0 Å². The lowest BCUT2D eigenvalue weighted by Gasteiger charge is -2.26. The van der Waals surface area contributed by atoms with Crippen LogP contribution in [-0.2, 0) is 16.2 Å². The fourth-order valence-electron chi connectivity index (χ4n) is 4.49. The van der Waals surface area contributed by atoms with Crippen molar-refractivity contribution in [3.63, 3.8) is 0 Å². The fraction of sp³-hybridized carbons (Fsp3) is 0.267. The maximum absolute atomic E-state index is 13.6. The van der Waals surface area contributed by atoms with E-state index in [-0.39, 0.29) is 11.3 Å². The molecular formula is C30H31FN2O4. The Labute approximate surface area is 216 Å². The van der Waals surface area contributed by atoms with E-state index in [9.17, 15) is 19.1 Å². The number of ketones is 1. The van der Waals surface area contributed by atoms with Gasteiger partial charge in [0.15, 0.2) is 0 Å². The Morgan fingerprint density at radius 2 is 1.73 bits per heavy atom. The van der Waals surface area contributed by atoms with Crippen molar-refractivity contribution in [2.24, 2.45) is 0 Å². The van der Waals surface area contributed by atoms with Crippen LogP contribution in [0.25, 0.3) is 5.76 Å². The van der Waals surface area contributed by atoms with Gasteiger partial charge in [-0.05, 0) is 81.5 Å². The minimum atomic E-state index is -0.806. The van der Waals surface area contributed by atoms with Crippen molar-refractivity contribution in [2.75, 3.05) is 27.2 Å². The molecule has 0 saturated carbocycles. The number of carbonyl (C=O) groups is 2. The highest BCUT2D eigenvalue weighted by Crippen LogP contribution is 2.39. The van der Waals surface area contributed by atoms with Crippen LogP contribution in [0.15, 0.2) is 78.4 Å². The Kier molecular flexibility index (Phi) is 8.04. The number of halogens is 1. The molecule has 3 aromatic rings. The van der Waals surface area contributed by atoms with E-state index < -0.39 is 23.5 Å². The summed E-state index contributed by atoms with van der Waals surface area (Å²) in [5, 5.41) is 11.2. The number of hydrogen-bond acceptors (Lipinski definition) is 5. The lowest BCUT2D eigenvalue weighted by molar-refractivity contribution is -0.139. The first-order chi connectivity index (χ1) is 17.7. The fourth-order valence-corrected chi connectivity index (χ4v) is 4.49. The first kappa shape index (κ1) is 26.1. The third kappa shape index (κ3) is 6.06. The number of amides is 1. The molecule has 1 aliphatic rings. The molecule has 1 saturated heterocycles. The molecule has 0 bridgehead atoms. The molecule has 0 aromatic heterocycles. The van der Waals surface area contributed by atoms with Gasteiger partial charge in [-0.2, -0.15) is 0 Å². The normalized spacial score (nSPS) is 17.0. The van der Waals surface area contributed by atoms with Crippen LogP contribution in [0.3, 0.4) is 0 Å². The molecule has 1 unspecified atom stereocenters. The molecule has 6 nitrogen and oxygen atoms in total.